The van der Waals surface area contributed by atoms with Crippen molar-refractivity contribution in [2.24, 2.45) is 11.7 Å². The van der Waals surface area contributed by atoms with Crippen LogP contribution in [0.2, 0.25) is 0 Å². The molecule has 1 saturated heterocycles. The monoisotopic (exact) mass is 272 g/mol. The molecule has 1 aromatic heterocycles. The highest BCUT2D eigenvalue weighted by atomic mass is 16.1. The van der Waals surface area contributed by atoms with Crippen molar-refractivity contribution in [3.05, 3.63) is 40.4 Å². The van der Waals surface area contributed by atoms with Gasteiger partial charge in [-0.15, -0.1) is 0 Å². The van der Waals surface area contributed by atoms with Gasteiger partial charge in [0.15, 0.2) is 0 Å². The third kappa shape index (κ3) is 2.59. The molecule has 5 heteroatoms. The van der Waals surface area contributed by atoms with Crippen LogP contribution in [0.5, 0.6) is 0 Å². The molecular formula is C15H20N4O. The van der Waals surface area contributed by atoms with Gasteiger partial charge >= 0.3 is 0 Å². The maximum atomic E-state index is 12.0. The molecule has 0 amide bonds. The number of likely N-dealkylation sites (tertiary alicyclic amines) is 1. The normalized spacial score (nSPS) is 24.1. The van der Waals surface area contributed by atoms with Gasteiger partial charge in [-0.05, 0) is 31.0 Å². The summed E-state index contributed by atoms with van der Waals surface area (Å²) in [6.45, 7) is 4.71. The topological polar surface area (TPSA) is 75.0 Å². The highest BCUT2D eigenvalue weighted by Gasteiger charge is 2.23. The molecule has 2 unspecified atom stereocenters. The molecule has 1 aliphatic heterocycles. The Morgan fingerprint density at radius 1 is 1.45 bits per heavy atom. The predicted molar refractivity (Wildman–Crippen MR) is 79.4 cm³/mol. The Morgan fingerprint density at radius 2 is 2.25 bits per heavy atom. The summed E-state index contributed by atoms with van der Waals surface area (Å²) >= 11 is 0. The van der Waals surface area contributed by atoms with Gasteiger partial charge < -0.3 is 10.7 Å². The van der Waals surface area contributed by atoms with E-state index in [-0.39, 0.29) is 11.6 Å². The van der Waals surface area contributed by atoms with Crippen molar-refractivity contribution in [2.45, 2.75) is 25.9 Å². The first kappa shape index (κ1) is 13.3. The van der Waals surface area contributed by atoms with Crippen LogP contribution >= 0.6 is 0 Å². The van der Waals surface area contributed by atoms with Gasteiger partial charge in [0, 0.05) is 12.6 Å². The minimum atomic E-state index is -0.0692. The second-order valence-electron chi connectivity index (χ2n) is 5.69. The van der Waals surface area contributed by atoms with Gasteiger partial charge in [0.2, 0.25) is 0 Å². The minimum Gasteiger partial charge on any atom is -0.326 e. The van der Waals surface area contributed by atoms with Crippen LogP contribution in [-0.4, -0.2) is 34.0 Å². The molecule has 20 heavy (non-hydrogen) atoms. The number of rotatable bonds is 2. The zero-order valence-electron chi connectivity index (χ0n) is 11.7. The van der Waals surface area contributed by atoms with Crippen molar-refractivity contribution in [3.63, 3.8) is 0 Å². The summed E-state index contributed by atoms with van der Waals surface area (Å²) in [5.74, 6) is 1.28. The molecule has 2 atom stereocenters. The largest absolute Gasteiger partial charge is 0.326 e. The maximum absolute atomic E-state index is 12.0. The Labute approximate surface area is 117 Å². The van der Waals surface area contributed by atoms with Crippen molar-refractivity contribution >= 4 is 10.9 Å². The van der Waals surface area contributed by atoms with E-state index in [9.17, 15) is 4.79 Å². The fourth-order valence-corrected chi connectivity index (χ4v) is 2.73. The molecule has 106 valence electrons. The predicted octanol–water partition coefficient (Wildman–Crippen LogP) is 1.09. The molecule has 1 aromatic carbocycles. The molecule has 1 aliphatic rings. The van der Waals surface area contributed by atoms with Crippen molar-refractivity contribution in [2.75, 3.05) is 13.1 Å². The first-order valence-electron chi connectivity index (χ1n) is 7.09. The van der Waals surface area contributed by atoms with E-state index in [2.05, 4.69) is 21.8 Å². The van der Waals surface area contributed by atoms with Gasteiger partial charge in [-0.25, -0.2) is 4.98 Å². The number of piperidine rings is 1. The number of H-pyrrole nitrogens is 1. The van der Waals surface area contributed by atoms with Crippen LogP contribution in [0.4, 0.5) is 0 Å². The average molecular weight is 272 g/mol. The van der Waals surface area contributed by atoms with Gasteiger partial charge in [-0.2, -0.15) is 0 Å². The fourth-order valence-electron chi connectivity index (χ4n) is 2.73. The standard InChI is InChI=1S/C15H20N4O/c1-10-6-7-19(8-12(10)16)9-14-17-13-5-3-2-4-11(13)15(20)18-14/h2-5,10,12H,6-9,16H2,1H3,(H,17,18,20). The summed E-state index contributed by atoms with van der Waals surface area (Å²) in [4.78, 5) is 21.7. The lowest BCUT2D eigenvalue weighted by molar-refractivity contribution is 0.159. The van der Waals surface area contributed by atoms with E-state index in [1.807, 2.05) is 18.2 Å². The maximum Gasteiger partial charge on any atom is 0.258 e. The number of nitrogens with two attached hydrogens (primary N) is 1. The van der Waals surface area contributed by atoms with Crippen LogP contribution in [-0.2, 0) is 6.54 Å². The first-order valence-corrected chi connectivity index (χ1v) is 7.09. The summed E-state index contributed by atoms with van der Waals surface area (Å²) in [6, 6.07) is 7.62. The van der Waals surface area contributed by atoms with Crippen LogP contribution in [0, 0.1) is 5.92 Å². The molecule has 2 heterocycles. The third-order valence-corrected chi connectivity index (χ3v) is 4.14. The number of hydrogen-bond acceptors (Lipinski definition) is 4. The van der Waals surface area contributed by atoms with Crippen molar-refractivity contribution in [1.29, 1.82) is 0 Å². The lowest BCUT2D eigenvalue weighted by Gasteiger charge is -2.34. The Kier molecular flexibility index (Phi) is 3.54. The van der Waals surface area contributed by atoms with E-state index in [1.165, 1.54) is 0 Å². The van der Waals surface area contributed by atoms with Crippen LogP contribution in [0.3, 0.4) is 0 Å². The molecule has 0 aliphatic carbocycles. The molecule has 2 aromatic rings. The molecular weight excluding hydrogens is 252 g/mol. The van der Waals surface area contributed by atoms with Gasteiger partial charge in [0.05, 0.1) is 17.4 Å². The highest BCUT2D eigenvalue weighted by Crippen LogP contribution is 2.16. The number of para-hydroxylation sites is 1. The molecule has 1 fully saturated rings. The van der Waals surface area contributed by atoms with Gasteiger partial charge in [0.1, 0.15) is 5.82 Å². The van der Waals surface area contributed by atoms with Gasteiger partial charge in [-0.3, -0.25) is 9.69 Å². The van der Waals surface area contributed by atoms with Crippen molar-refractivity contribution in [1.82, 2.24) is 14.9 Å². The second kappa shape index (κ2) is 5.34. The average Bonchev–Trinajstić information content (AvgIpc) is 2.43. The Hall–Kier alpha value is -1.72. The van der Waals surface area contributed by atoms with E-state index >= 15 is 0 Å². The molecule has 0 saturated carbocycles. The Morgan fingerprint density at radius 3 is 3.05 bits per heavy atom. The van der Waals surface area contributed by atoms with Crippen LogP contribution in [0.25, 0.3) is 10.9 Å². The molecule has 0 radical (unpaired) electrons. The number of aromatic amines is 1. The quantitative estimate of drug-likeness (QED) is 0.858. The zero-order valence-corrected chi connectivity index (χ0v) is 11.7. The summed E-state index contributed by atoms with van der Waals surface area (Å²) in [5, 5.41) is 0.639. The summed E-state index contributed by atoms with van der Waals surface area (Å²) in [5.41, 5.74) is 6.79. The molecule has 5 nitrogen and oxygen atoms in total. The lowest BCUT2D eigenvalue weighted by atomic mass is 9.94. The van der Waals surface area contributed by atoms with Gasteiger partial charge in [0.25, 0.3) is 5.56 Å². The van der Waals surface area contributed by atoms with E-state index in [0.717, 1.165) is 30.9 Å². The van der Waals surface area contributed by atoms with E-state index in [0.29, 0.717) is 17.8 Å². The number of aromatic nitrogens is 2. The van der Waals surface area contributed by atoms with Crippen LogP contribution in [0.15, 0.2) is 29.1 Å². The van der Waals surface area contributed by atoms with E-state index in [4.69, 9.17) is 5.73 Å². The number of fused-ring (bicyclic) bond motifs is 1. The fraction of sp³-hybridized carbons (Fsp3) is 0.467. The Bertz CT molecular complexity index is 666. The second-order valence-corrected chi connectivity index (χ2v) is 5.69. The first-order chi connectivity index (χ1) is 9.63. The van der Waals surface area contributed by atoms with Gasteiger partial charge in [-0.1, -0.05) is 19.1 Å². The highest BCUT2D eigenvalue weighted by molar-refractivity contribution is 5.77. The smallest absolute Gasteiger partial charge is 0.258 e. The summed E-state index contributed by atoms with van der Waals surface area (Å²) < 4.78 is 0. The summed E-state index contributed by atoms with van der Waals surface area (Å²) in [7, 11) is 0. The molecule has 3 rings (SSSR count). The SMILES string of the molecule is CC1CCN(Cc2nc3ccccc3c(=O)[nH]2)CC1N. The lowest BCUT2D eigenvalue weighted by Crippen LogP contribution is -2.47. The van der Waals surface area contributed by atoms with Crippen molar-refractivity contribution in [3.8, 4) is 0 Å². The third-order valence-electron chi connectivity index (χ3n) is 4.14. The molecule has 3 N–H and O–H groups in total. The number of nitrogens with one attached hydrogen (secondary N) is 1. The minimum absolute atomic E-state index is 0.0692. The van der Waals surface area contributed by atoms with Crippen LogP contribution < -0.4 is 11.3 Å². The number of nitrogens with zero attached hydrogens (tertiary/aromatic N) is 2. The number of hydrogen-bond donors (Lipinski definition) is 2. The molecule has 0 spiro atoms. The van der Waals surface area contributed by atoms with E-state index in [1.54, 1.807) is 6.07 Å². The van der Waals surface area contributed by atoms with E-state index < -0.39 is 0 Å². The molecule has 0 bridgehead atoms. The van der Waals surface area contributed by atoms with Crippen molar-refractivity contribution < 1.29 is 0 Å². The number of benzene rings is 1. The van der Waals surface area contributed by atoms with Crippen LogP contribution in [0.1, 0.15) is 19.2 Å². The Balaban J connectivity index is 1.83. The summed E-state index contributed by atoms with van der Waals surface area (Å²) in [6.07, 6.45) is 1.10. The zero-order chi connectivity index (χ0) is 14.1.